The molecule has 0 unspecified atom stereocenters. The molecule has 0 radical (unpaired) electrons. The molecule has 3 rings (SSSR count). The second-order valence-electron chi connectivity index (χ2n) is 6.48. The van der Waals surface area contributed by atoms with E-state index in [1.165, 1.54) is 33.4 Å². The minimum Gasteiger partial charge on any atom is -0.256 e. The summed E-state index contributed by atoms with van der Waals surface area (Å²) in [5.41, 5.74) is 8.67. The Morgan fingerprint density at radius 1 is 0.783 bits per heavy atom. The minimum atomic E-state index is 0.509. The third kappa shape index (κ3) is 3.19. The summed E-state index contributed by atoms with van der Waals surface area (Å²) in [7, 11) is 0. The molecule has 0 aliphatic carbocycles. The second kappa shape index (κ2) is 6.37. The first-order valence-electron chi connectivity index (χ1n) is 8.19. The first kappa shape index (κ1) is 15.5. The highest BCUT2D eigenvalue weighted by atomic mass is 14.7. The maximum Gasteiger partial charge on any atom is 0.0705 e. The number of nitrogens with zero attached hydrogens (tertiary/aromatic N) is 1. The van der Waals surface area contributed by atoms with E-state index in [9.17, 15) is 0 Å². The summed E-state index contributed by atoms with van der Waals surface area (Å²) in [6.07, 6.45) is 2.03. The molecule has 23 heavy (non-hydrogen) atoms. The van der Waals surface area contributed by atoms with Crippen LogP contribution >= 0.6 is 0 Å². The van der Waals surface area contributed by atoms with Crippen LogP contribution in [0, 0.1) is 13.8 Å². The van der Waals surface area contributed by atoms with Crippen LogP contribution in [0.5, 0.6) is 0 Å². The third-order valence-electron chi connectivity index (χ3n) is 4.39. The maximum atomic E-state index is 4.70. The zero-order chi connectivity index (χ0) is 16.4. The van der Waals surface area contributed by atoms with Crippen molar-refractivity contribution >= 4 is 0 Å². The van der Waals surface area contributed by atoms with E-state index < -0.39 is 0 Å². The molecule has 0 atom stereocenters. The average molecular weight is 301 g/mol. The fourth-order valence-electron chi connectivity index (χ4n) is 3.04. The molecule has 1 aromatic heterocycles. The van der Waals surface area contributed by atoms with E-state index in [0.29, 0.717) is 5.92 Å². The molecule has 0 saturated heterocycles. The van der Waals surface area contributed by atoms with Crippen molar-refractivity contribution in [3.8, 4) is 22.4 Å². The van der Waals surface area contributed by atoms with Gasteiger partial charge in [-0.05, 0) is 59.7 Å². The van der Waals surface area contributed by atoms with Crippen molar-refractivity contribution in [3.63, 3.8) is 0 Å². The highest BCUT2D eigenvalue weighted by Gasteiger charge is 2.09. The van der Waals surface area contributed by atoms with Crippen molar-refractivity contribution in [1.29, 1.82) is 0 Å². The van der Waals surface area contributed by atoms with E-state index in [1.807, 2.05) is 6.20 Å². The van der Waals surface area contributed by atoms with Crippen molar-refractivity contribution < 1.29 is 0 Å². The SMILES string of the molecule is Cc1ccc(-c2cc(C)c(C(C)C)cn2)cc1-c1ccccc1. The molecule has 1 heterocycles. The molecular weight excluding hydrogens is 278 g/mol. The van der Waals surface area contributed by atoms with Crippen LogP contribution in [-0.2, 0) is 0 Å². The molecular formula is C22H23N. The Balaban J connectivity index is 2.06. The molecule has 3 aromatic rings. The zero-order valence-corrected chi connectivity index (χ0v) is 14.3. The molecule has 1 nitrogen and oxygen atoms in total. The van der Waals surface area contributed by atoms with Crippen LogP contribution in [-0.4, -0.2) is 4.98 Å². The van der Waals surface area contributed by atoms with E-state index >= 15 is 0 Å². The summed E-state index contributed by atoms with van der Waals surface area (Å²) >= 11 is 0. The number of rotatable bonds is 3. The summed E-state index contributed by atoms with van der Waals surface area (Å²) in [5.74, 6) is 0.509. The first-order valence-corrected chi connectivity index (χ1v) is 8.19. The molecule has 116 valence electrons. The van der Waals surface area contributed by atoms with E-state index in [1.54, 1.807) is 0 Å². The van der Waals surface area contributed by atoms with Gasteiger partial charge < -0.3 is 0 Å². The predicted octanol–water partition coefficient (Wildman–Crippen LogP) is 6.16. The van der Waals surface area contributed by atoms with Crippen molar-refractivity contribution in [2.75, 3.05) is 0 Å². The van der Waals surface area contributed by atoms with Gasteiger partial charge in [0.15, 0.2) is 0 Å². The second-order valence-corrected chi connectivity index (χ2v) is 6.48. The Morgan fingerprint density at radius 2 is 1.52 bits per heavy atom. The monoisotopic (exact) mass is 301 g/mol. The van der Waals surface area contributed by atoms with Gasteiger partial charge in [-0.2, -0.15) is 0 Å². The van der Waals surface area contributed by atoms with Crippen LogP contribution in [0.15, 0.2) is 60.8 Å². The zero-order valence-electron chi connectivity index (χ0n) is 14.3. The average Bonchev–Trinajstić information content (AvgIpc) is 2.55. The molecule has 0 fully saturated rings. The van der Waals surface area contributed by atoms with Crippen molar-refractivity contribution in [1.82, 2.24) is 4.98 Å². The Morgan fingerprint density at radius 3 is 2.17 bits per heavy atom. The fraction of sp³-hybridized carbons (Fsp3) is 0.227. The minimum absolute atomic E-state index is 0.509. The number of hydrogen-bond donors (Lipinski definition) is 0. The molecule has 0 N–H and O–H groups in total. The number of benzene rings is 2. The topological polar surface area (TPSA) is 12.9 Å². The predicted molar refractivity (Wildman–Crippen MR) is 98.7 cm³/mol. The number of aromatic nitrogens is 1. The van der Waals surface area contributed by atoms with Crippen molar-refractivity contribution in [2.45, 2.75) is 33.6 Å². The molecule has 0 aliphatic heterocycles. The summed E-state index contributed by atoms with van der Waals surface area (Å²) in [6.45, 7) is 8.76. The highest BCUT2D eigenvalue weighted by molar-refractivity contribution is 5.74. The van der Waals surface area contributed by atoms with Gasteiger partial charge in [0.1, 0.15) is 0 Å². The van der Waals surface area contributed by atoms with Gasteiger partial charge in [0.05, 0.1) is 5.69 Å². The molecule has 0 bridgehead atoms. The van der Waals surface area contributed by atoms with Crippen LogP contribution in [0.25, 0.3) is 22.4 Å². The van der Waals surface area contributed by atoms with Crippen LogP contribution < -0.4 is 0 Å². The summed E-state index contributed by atoms with van der Waals surface area (Å²) in [4.78, 5) is 4.70. The van der Waals surface area contributed by atoms with Gasteiger partial charge >= 0.3 is 0 Å². The standard InChI is InChI=1S/C22H23N/c1-15(2)21-14-23-22(12-17(21)4)19-11-10-16(3)20(13-19)18-8-6-5-7-9-18/h5-15H,1-4H3. The lowest BCUT2D eigenvalue weighted by molar-refractivity contribution is 0.848. The van der Waals surface area contributed by atoms with Crippen molar-refractivity contribution in [2.24, 2.45) is 0 Å². The molecule has 0 spiro atoms. The summed E-state index contributed by atoms with van der Waals surface area (Å²) in [6, 6.07) is 19.3. The Bertz CT molecular complexity index is 817. The molecule has 1 heteroatoms. The van der Waals surface area contributed by atoms with Gasteiger partial charge in [-0.25, -0.2) is 0 Å². The Kier molecular flexibility index (Phi) is 4.29. The van der Waals surface area contributed by atoms with Gasteiger partial charge in [-0.1, -0.05) is 56.3 Å². The lowest BCUT2D eigenvalue weighted by Gasteiger charge is -2.12. The van der Waals surface area contributed by atoms with Gasteiger partial charge in [-0.15, -0.1) is 0 Å². The number of pyridine rings is 1. The van der Waals surface area contributed by atoms with E-state index in [-0.39, 0.29) is 0 Å². The number of aryl methyl sites for hydroxylation is 2. The molecule has 0 aliphatic rings. The summed E-state index contributed by atoms with van der Waals surface area (Å²) < 4.78 is 0. The smallest absolute Gasteiger partial charge is 0.0705 e. The largest absolute Gasteiger partial charge is 0.256 e. The Hall–Kier alpha value is -2.41. The van der Waals surface area contributed by atoms with Gasteiger partial charge in [0.2, 0.25) is 0 Å². The van der Waals surface area contributed by atoms with E-state index in [4.69, 9.17) is 4.98 Å². The van der Waals surface area contributed by atoms with Crippen LogP contribution in [0.3, 0.4) is 0 Å². The van der Waals surface area contributed by atoms with Gasteiger partial charge in [-0.3, -0.25) is 4.98 Å². The normalized spacial score (nSPS) is 11.0. The quantitative estimate of drug-likeness (QED) is 0.565. The van der Waals surface area contributed by atoms with Gasteiger partial charge in [0.25, 0.3) is 0 Å². The summed E-state index contributed by atoms with van der Waals surface area (Å²) in [5, 5.41) is 0. The molecule has 0 saturated carbocycles. The van der Waals surface area contributed by atoms with E-state index in [2.05, 4.69) is 82.3 Å². The number of hydrogen-bond acceptors (Lipinski definition) is 1. The fourth-order valence-corrected chi connectivity index (χ4v) is 3.04. The Labute approximate surface area is 139 Å². The van der Waals surface area contributed by atoms with Gasteiger partial charge in [0, 0.05) is 11.8 Å². The van der Waals surface area contributed by atoms with E-state index in [0.717, 1.165) is 5.69 Å². The first-order chi connectivity index (χ1) is 11.1. The van der Waals surface area contributed by atoms with Crippen molar-refractivity contribution in [3.05, 3.63) is 77.5 Å². The lowest BCUT2D eigenvalue weighted by Crippen LogP contribution is -1.95. The highest BCUT2D eigenvalue weighted by Crippen LogP contribution is 2.30. The maximum absolute atomic E-state index is 4.70. The molecule has 0 amide bonds. The van der Waals surface area contributed by atoms with Crippen LogP contribution in [0.4, 0.5) is 0 Å². The van der Waals surface area contributed by atoms with Crippen LogP contribution in [0.2, 0.25) is 0 Å². The lowest BCUT2D eigenvalue weighted by atomic mass is 9.95. The van der Waals surface area contributed by atoms with Crippen LogP contribution in [0.1, 0.15) is 36.5 Å². The molecule has 2 aromatic carbocycles. The third-order valence-corrected chi connectivity index (χ3v) is 4.39.